The fourth-order valence-electron chi connectivity index (χ4n) is 2.61. The first kappa shape index (κ1) is 20.3. The van der Waals surface area contributed by atoms with Crippen molar-refractivity contribution in [1.29, 1.82) is 0 Å². The number of hydrogen-bond donors (Lipinski definition) is 1. The number of benzene rings is 2. The van der Waals surface area contributed by atoms with Gasteiger partial charge in [-0.2, -0.15) is 0 Å². The van der Waals surface area contributed by atoms with Crippen molar-refractivity contribution in [2.75, 3.05) is 28.4 Å². The average molecular weight is 466 g/mol. The standard InChI is InChI=1S/C19H20BrN3O4S/c1-24-12-6-7-13(15(9-12)26-3)18-21-19(23-22-18)28-10-11-5-8-14(25-2)17(27-4)16(11)20/h5-9H,10H2,1-4H3,(H,21,22,23). The van der Waals surface area contributed by atoms with Crippen molar-refractivity contribution < 1.29 is 18.9 Å². The number of nitrogens with zero attached hydrogens (tertiary/aromatic N) is 2. The molecule has 1 aromatic heterocycles. The molecule has 7 nitrogen and oxygen atoms in total. The van der Waals surface area contributed by atoms with Crippen LogP contribution in [0.5, 0.6) is 23.0 Å². The topological polar surface area (TPSA) is 78.5 Å². The van der Waals surface area contributed by atoms with Crippen LogP contribution >= 0.6 is 27.7 Å². The summed E-state index contributed by atoms with van der Waals surface area (Å²) in [6.07, 6.45) is 0. The lowest BCUT2D eigenvalue weighted by molar-refractivity contribution is 0.353. The van der Waals surface area contributed by atoms with Crippen molar-refractivity contribution >= 4 is 27.7 Å². The van der Waals surface area contributed by atoms with E-state index in [-0.39, 0.29) is 0 Å². The molecule has 0 unspecified atom stereocenters. The summed E-state index contributed by atoms with van der Waals surface area (Å²) in [4.78, 5) is 4.57. The van der Waals surface area contributed by atoms with Gasteiger partial charge in [-0.15, -0.1) is 5.10 Å². The highest BCUT2D eigenvalue weighted by molar-refractivity contribution is 9.10. The molecule has 0 aliphatic heterocycles. The maximum absolute atomic E-state index is 5.44. The Labute approximate surface area is 175 Å². The van der Waals surface area contributed by atoms with Crippen molar-refractivity contribution in [3.63, 3.8) is 0 Å². The van der Waals surface area contributed by atoms with Crippen LogP contribution in [0.25, 0.3) is 11.4 Å². The van der Waals surface area contributed by atoms with Gasteiger partial charge in [0.05, 0.1) is 38.5 Å². The Bertz CT molecular complexity index is 964. The molecule has 0 saturated heterocycles. The van der Waals surface area contributed by atoms with E-state index in [0.717, 1.165) is 15.6 Å². The van der Waals surface area contributed by atoms with Gasteiger partial charge in [-0.3, -0.25) is 5.10 Å². The molecule has 0 aliphatic carbocycles. The Balaban J connectivity index is 1.78. The highest BCUT2D eigenvalue weighted by Crippen LogP contribution is 2.39. The molecule has 2 aromatic carbocycles. The molecule has 0 saturated carbocycles. The minimum absolute atomic E-state index is 0.633. The summed E-state index contributed by atoms with van der Waals surface area (Å²) in [6, 6.07) is 9.42. The number of nitrogens with one attached hydrogen (secondary N) is 1. The molecule has 0 bridgehead atoms. The van der Waals surface area contributed by atoms with Gasteiger partial charge in [0.25, 0.3) is 0 Å². The predicted octanol–water partition coefficient (Wildman–Crippen LogP) is 4.56. The number of ether oxygens (including phenoxy) is 4. The molecule has 3 rings (SSSR count). The zero-order valence-corrected chi connectivity index (χ0v) is 18.3. The van der Waals surface area contributed by atoms with Crippen LogP contribution < -0.4 is 18.9 Å². The predicted molar refractivity (Wildman–Crippen MR) is 112 cm³/mol. The maximum Gasteiger partial charge on any atom is 0.209 e. The summed E-state index contributed by atoms with van der Waals surface area (Å²) in [5.41, 5.74) is 1.87. The fourth-order valence-corrected chi connectivity index (χ4v) is 4.22. The molecular formula is C19H20BrN3O4S. The third-order valence-corrected chi connectivity index (χ3v) is 5.82. The Morgan fingerprint density at radius 1 is 0.964 bits per heavy atom. The average Bonchev–Trinajstić information content (AvgIpc) is 3.20. The molecule has 148 valence electrons. The van der Waals surface area contributed by atoms with E-state index in [1.165, 1.54) is 11.8 Å². The largest absolute Gasteiger partial charge is 0.497 e. The molecule has 0 spiro atoms. The van der Waals surface area contributed by atoms with E-state index in [4.69, 9.17) is 18.9 Å². The van der Waals surface area contributed by atoms with E-state index in [1.807, 2.05) is 30.3 Å². The summed E-state index contributed by atoms with van der Waals surface area (Å²) in [5, 5.41) is 7.90. The fraction of sp³-hybridized carbons (Fsp3) is 0.263. The number of thioether (sulfide) groups is 1. The summed E-state index contributed by atoms with van der Waals surface area (Å²) >= 11 is 5.10. The molecule has 0 radical (unpaired) electrons. The van der Waals surface area contributed by atoms with E-state index in [0.29, 0.717) is 39.7 Å². The van der Waals surface area contributed by atoms with Crippen LogP contribution in [0.4, 0.5) is 0 Å². The quantitative estimate of drug-likeness (QED) is 0.488. The van der Waals surface area contributed by atoms with E-state index in [2.05, 4.69) is 31.1 Å². The number of aromatic nitrogens is 3. The van der Waals surface area contributed by atoms with Crippen molar-refractivity contribution in [2.24, 2.45) is 0 Å². The van der Waals surface area contributed by atoms with Gasteiger partial charge < -0.3 is 18.9 Å². The van der Waals surface area contributed by atoms with Crippen molar-refractivity contribution in [1.82, 2.24) is 15.2 Å². The van der Waals surface area contributed by atoms with E-state index in [9.17, 15) is 0 Å². The maximum atomic E-state index is 5.44. The van der Waals surface area contributed by atoms with Gasteiger partial charge in [0.2, 0.25) is 5.16 Å². The highest BCUT2D eigenvalue weighted by Gasteiger charge is 2.15. The van der Waals surface area contributed by atoms with E-state index in [1.54, 1.807) is 28.4 Å². The molecule has 1 N–H and O–H groups in total. The molecule has 9 heteroatoms. The summed E-state index contributed by atoms with van der Waals surface area (Å²) in [5.74, 6) is 4.02. The Morgan fingerprint density at radius 2 is 1.75 bits per heavy atom. The second-order valence-electron chi connectivity index (χ2n) is 5.60. The van der Waals surface area contributed by atoms with Crippen LogP contribution in [0.3, 0.4) is 0 Å². The molecule has 3 aromatic rings. The monoisotopic (exact) mass is 465 g/mol. The molecular weight excluding hydrogens is 446 g/mol. The second-order valence-corrected chi connectivity index (χ2v) is 7.33. The summed E-state index contributed by atoms with van der Waals surface area (Å²) in [7, 11) is 6.45. The molecule has 0 atom stereocenters. The lowest BCUT2D eigenvalue weighted by atomic mass is 10.2. The van der Waals surface area contributed by atoms with Gasteiger partial charge in [-0.1, -0.05) is 17.8 Å². The second kappa shape index (κ2) is 9.20. The number of methoxy groups -OCH3 is 4. The number of halogens is 1. The minimum Gasteiger partial charge on any atom is -0.497 e. The van der Waals surface area contributed by atoms with Crippen molar-refractivity contribution in [3.8, 4) is 34.4 Å². The lowest BCUT2D eigenvalue weighted by Crippen LogP contribution is -1.94. The van der Waals surface area contributed by atoms with Crippen LogP contribution in [-0.4, -0.2) is 43.6 Å². The van der Waals surface area contributed by atoms with Crippen LogP contribution in [0.1, 0.15) is 5.56 Å². The SMILES string of the molecule is COc1ccc(-c2nc(SCc3ccc(OC)c(OC)c3Br)n[nH]2)c(OC)c1. The smallest absolute Gasteiger partial charge is 0.209 e. The lowest BCUT2D eigenvalue weighted by Gasteiger charge is -2.12. The first-order chi connectivity index (χ1) is 13.6. The zero-order chi connectivity index (χ0) is 20.1. The summed E-state index contributed by atoms with van der Waals surface area (Å²) in [6.45, 7) is 0. The number of rotatable bonds is 8. The van der Waals surface area contributed by atoms with Gasteiger partial charge in [0.15, 0.2) is 17.3 Å². The Hall–Kier alpha value is -2.39. The van der Waals surface area contributed by atoms with Gasteiger partial charge in [-0.05, 0) is 39.7 Å². The van der Waals surface area contributed by atoms with Gasteiger partial charge in [-0.25, -0.2) is 4.98 Å². The molecule has 0 amide bonds. The molecule has 28 heavy (non-hydrogen) atoms. The van der Waals surface area contributed by atoms with E-state index < -0.39 is 0 Å². The van der Waals surface area contributed by atoms with Crippen LogP contribution in [0.2, 0.25) is 0 Å². The molecule has 1 heterocycles. The molecule has 0 aliphatic rings. The minimum atomic E-state index is 0.633. The van der Waals surface area contributed by atoms with Crippen molar-refractivity contribution in [3.05, 3.63) is 40.4 Å². The highest BCUT2D eigenvalue weighted by atomic mass is 79.9. The Kier molecular flexibility index (Phi) is 6.69. The first-order valence-electron chi connectivity index (χ1n) is 8.28. The van der Waals surface area contributed by atoms with Crippen LogP contribution in [-0.2, 0) is 5.75 Å². The van der Waals surface area contributed by atoms with Gasteiger partial charge in [0, 0.05) is 11.8 Å². The van der Waals surface area contributed by atoms with Gasteiger partial charge in [0.1, 0.15) is 11.5 Å². The van der Waals surface area contributed by atoms with E-state index >= 15 is 0 Å². The normalized spacial score (nSPS) is 10.6. The Morgan fingerprint density at radius 3 is 2.43 bits per heavy atom. The zero-order valence-electron chi connectivity index (χ0n) is 15.9. The van der Waals surface area contributed by atoms with Crippen LogP contribution in [0.15, 0.2) is 40.0 Å². The summed E-state index contributed by atoms with van der Waals surface area (Å²) < 4.78 is 22.3. The number of hydrogen-bond acceptors (Lipinski definition) is 7. The first-order valence-corrected chi connectivity index (χ1v) is 10.1. The third-order valence-electron chi connectivity index (χ3n) is 4.05. The van der Waals surface area contributed by atoms with Crippen LogP contribution in [0, 0.1) is 0 Å². The van der Waals surface area contributed by atoms with Crippen molar-refractivity contribution in [2.45, 2.75) is 10.9 Å². The molecule has 0 fully saturated rings. The van der Waals surface area contributed by atoms with Gasteiger partial charge >= 0.3 is 0 Å². The number of H-pyrrole nitrogens is 1. The third kappa shape index (κ3) is 4.20. The number of aromatic amines is 1.